The Labute approximate surface area is 141 Å². The SMILES string of the molecule is CCCc1ccc2c(C#N)c(C#N)c(C#N)c(C#N)c2c1CCC. The average molecular weight is 312 g/mol. The van der Waals surface area contributed by atoms with Gasteiger partial charge in [-0.1, -0.05) is 38.8 Å². The second kappa shape index (κ2) is 7.28. The largest absolute Gasteiger partial charge is 0.192 e. The van der Waals surface area contributed by atoms with E-state index in [4.69, 9.17) is 0 Å². The molecule has 24 heavy (non-hydrogen) atoms. The average Bonchev–Trinajstić information content (AvgIpc) is 2.61. The first-order valence-electron chi connectivity index (χ1n) is 7.93. The molecule has 4 nitrogen and oxygen atoms in total. The first-order valence-corrected chi connectivity index (χ1v) is 7.93. The topological polar surface area (TPSA) is 95.2 Å². The van der Waals surface area contributed by atoms with Gasteiger partial charge in [0.2, 0.25) is 0 Å². The summed E-state index contributed by atoms with van der Waals surface area (Å²) in [6.07, 6.45) is 3.50. The van der Waals surface area contributed by atoms with E-state index in [2.05, 4.69) is 26.0 Å². The standard InChI is InChI=1S/C20H16N4/c1-3-5-13-7-8-15-16(9-21)17(10-22)18(11-23)19(12-24)20(15)14(13)6-4-2/h7-8H,3-6H2,1-2H3. The second-order valence-corrected chi connectivity index (χ2v) is 5.57. The molecule has 0 N–H and O–H groups in total. The van der Waals surface area contributed by atoms with E-state index in [1.165, 1.54) is 0 Å². The predicted octanol–water partition coefficient (Wildman–Crippen LogP) is 4.23. The third kappa shape index (κ3) is 2.56. The molecule has 116 valence electrons. The summed E-state index contributed by atoms with van der Waals surface area (Å²) < 4.78 is 0. The molecule has 0 unspecified atom stereocenters. The van der Waals surface area contributed by atoms with Gasteiger partial charge < -0.3 is 0 Å². The van der Waals surface area contributed by atoms with Crippen molar-refractivity contribution in [2.75, 3.05) is 0 Å². The van der Waals surface area contributed by atoms with Gasteiger partial charge in [-0.25, -0.2) is 0 Å². The Hall–Kier alpha value is -3.34. The summed E-state index contributed by atoms with van der Waals surface area (Å²) in [6.45, 7) is 4.14. The van der Waals surface area contributed by atoms with Gasteiger partial charge in [0.1, 0.15) is 24.3 Å². The van der Waals surface area contributed by atoms with E-state index in [1.807, 2.05) is 18.2 Å². The molecule has 2 aromatic rings. The van der Waals surface area contributed by atoms with Gasteiger partial charge in [-0.3, -0.25) is 0 Å². The molecule has 4 heteroatoms. The number of rotatable bonds is 4. The third-order valence-electron chi connectivity index (χ3n) is 4.15. The van der Waals surface area contributed by atoms with Gasteiger partial charge in [0.15, 0.2) is 0 Å². The Kier molecular flexibility index (Phi) is 5.16. The minimum absolute atomic E-state index is 0.00487. The first-order chi connectivity index (χ1) is 11.7. The highest BCUT2D eigenvalue weighted by Crippen LogP contribution is 2.34. The zero-order valence-corrected chi connectivity index (χ0v) is 13.8. The van der Waals surface area contributed by atoms with Crippen molar-refractivity contribution in [1.82, 2.24) is 0 Å². The van der Waals surface area contributed by atoms with Crippen LogP contribution in [0, 0.1) is 45.3 Å². The Balaban J connectivity index is 3.15. The van der Waals surface area contributed by atoms with Gasteiger partial charge in [-0.15, -0.1) is 0 Å². The van der Waals surface area contributed by atoms with Crippen LogP contribution in [0.1, 0.15) is 60.1 Å². The lowest BCUT2D eigenvalue weighted by molar-refractivity contribution is 0.868. The molecule has 0 bridgehead atoms. The lowest BCUT2D eigenvalue weighted by Gasteiger charge is -2.16. The van der Waals surface area contributed by atoms with E-state index >= 15 is 0 Å². The van der Waals surface area contributed by atoms with E-state index in [1.54, 1.807) is 6.07 Å². The highest BCUT2D eigenvalue weighted by molar-refractivity contribution is 5.99. The van der Waals surface area contributed by atoms with Crippen molar-refractivity contribution >= 4 is 10.8 Å². The van der Waals surface area contributed by atoms with E-state index in [9.17, 15) is 21.0 Å². The molecule has 0 atom stereocenters. The van der Waals surface area contributed by atoms with E-state index in [0.29, 0.717) is 10.8 Å². The maximum atomic E-state index is 9.65. The van der Waals surface area contributed by atoms with Gasteiger partial charge >= 0.3 is 0 Å². The first kappa shape index (κ1) is 17.0. The highest BCUT2D eigenvalue weighted by atomic mass is 14.3. The van der Waals surface area contributed by atoms with E-state index in [-0.39, 0.29) is 22.3 Å². The Bertz CT molecular complexity index is 973. The zero-order chi connectivity index (χ0) is 17.7. The molecular weight excluding hydrogens is 296 g/mol. The van der Waals surface area contributed by atoms with Crippen LogP contribution in [0.5, 0.6) is 0 Å². The van der Waals surface area contributed by atoms with Crippen LogP contribution < -0.4 is 0 Å². The van der Waals surface area contributed by atoms with E-state index < -0.39 is 0 Å². The fraction of sp³-hybridized carbons (Fsp3) is 0.300. The van der Waals surface area contributed by atoms with Gasteiger partial charge in [0.05, 0.1) is 22.3 Å². The number of hydrogen-bond acceptors (Lipinski definition) is 4. The van der Waals surface area contributed by atoms with Gasteiger partial charge in [-0.2, -0.15) is 21.0 Å². The molecule has 2 aromatic carbocycles. The molecule has 0 amide bonds. The molecule has 0 spiro atoms. The number of fused-ring (bicyclic) bond motifs is 1. The van der Waals surface area contributed by atoms with Gasteiger partial charge in [0.25, 0.3) is 0 Å². The molecule has 0 heterocycles. The highest BCUT2D eigenvalue weighted by Gasteiger charge is 2.22. The molecule has 0 aromatic heterocycles. The van der Waals surface area contributed by atoms with Crippen molar-refractivity contribution in [3.05, 3.63) is 45.5 Å². The molecule has 0 saturated carbocycles. The van der Waals surface area contributed by atoms with Crippen LogP contribution in [0.15, 0.2) is 12.1 Å². The van der Waals surface area contributed by atoms with Crippen molar-refractivity contribution in [2.45, 2.75) is 39.5 Å². The number of nitriles is 4. The quantitative estimate of drug-likeness (QED) is 0.843. The third-order valence-corrected chi connectivity index (χ3v) is 4.15. The Morgan fingerprint density at radius 2 is 1.25 bits per heavy atom. The van der Waals surface area contributed by atoms with Crippen LogP contribution in [-0.4, -0.2) is 0 Å². The lowest BCUT2D eigenvalue weighted by atomic mass is 9.85. The molecule has 0 radical (unpaired) electrons. The minimum Gasteiger partial charge on any atom is -0.192 e. The summed E-state index contributed by atoms with van der Waals surface area (Å²) in [7, 11) is 0. The molecule has 0 aliphatic heterocycles. The minimum atomic E-state index is -0.00487. The van der Waals surface area contributed by atoms with Crippen LogP contribution in [0.25, 0.3) is 10.8 Å². The summed E-state index contributed by atoms with van der Waals surface area (Å²) in [4.78, 5) is 0. The molecule has 2 rings (SSSR count). The second-order valence-electron chi connectivity index (χ2n) is 5.57. The summed E-state index contributed by atoms with van der Waals surface area (Å²) in [5, 5.41) is 39.3. The molecule has 0 aliphatic rings. The number of aryl methyl sites for hydroxylation is 2. The van der Waals surface area contributed by atoms with Crippen LogP contribution in [0.3, 0.4) is 0 Å². The summed E-state index contributed by atoms with van der Waals surface area (Å²) in [6, 6.07) is 11.8. The van der Waals surface area contributed by atoms with Gasteiger partial charge in [-0.05, 0) is 24.0 Å². The number of hydrogen-bond donors (Lipinski definition) is 0. The fourth-order valence-electron chi connectivity index (χ4n) is 3.19. The monoisotopic (exact) mass is 312 g/mol. The maximum absolute atomic E-state index is 9.65. The van der Waals surface area contributed by atoms with Crippen molar-refractivity contribution in [2.24, 2.45) is 0 Å². The number of nitrogens with zero attached hydrogens (tertiary/aromatic N) is 4. The van der Waals surface area contributed by atoms with Crippen LogP contribution in [-0.2, 0) is 12.8 Å². The van der Waals surface area contributed by atoms with Gasteiger partial charge in [0, 0.05) is 10.8 Å². The summed E-state index contributed by atoms with van der Waals surface area (Å²) >= 11 is 0. The van der Waals surface area contributed by atoms with Crippen LogP contribution in [0.2, 0.25) is 0 Å². The van der Waals surface area contributed by atoms with Crippen molar-refractivity contribution < 1.29 is 0 Å². The van der Waals surface area contributed by atoms with E-state index in [0.717, 1.165) is 36.8 Å². The molecule has 0 saturated heterocycles. The summed E-state index contributed by atoms with van der Waals surface area (Å²) in [5.41, 5.74) is 2.56. The Morgan fingerprint density at radius 3 is 1.75 bits per heavy atom. The van der Waals surface area contributed by atoms with Crippen molar-refractivity contribution in [3.63, 3.8) is 0 Å². The van der Waals surface area contributed by atoms with Crippen LogP contribution in [0.4, 0.5) is 0 Å². The fourth-order valence-corrected chi connectivity index (χ4v) is 3.19. The smallest absolute Gasteiger partial charge is 0.102 e. The van der Waals surface area contributed by atoms with Crippen molar-refractivity contribution in [3.8, 4) is 24.3 Å². The zero-order valence-electron chi connectivity index (χ0n) is 13.8. The normalized spacial score (nSPS) is 9.75. The molecule has 0 aliphatic carbocycles. The number of benzene rings is 2. The predicted molar refractivity (Wildman–Crippen MR) is 90.8 cm³/mol. The maximum Gasteiger partial charge on any atom is 0.102 e. The lowest BCUT2D eigenvalue weighted by Crippen LogP contribution is -2.03. The Morgan fingerprint density at radius 1 is 0.708 bits per heavy atom. The molecular formula is C20H16N4. The molecule has 0 fully saturated rings. The summed E-state index contributed by atoms with van der Waals surface area (Å²) in [5.74, 6) is 0. The van der Waals surface area contributed by atoms with Crippen molar-refractivity contribution in [1.29, 1.82) is 21.0 Å². The van der Waals surface area contributed by atoms with Crippen LogP contribution >= 0.6 is 0 Å².